The maximum Gasteiger partial charge on any atom is 0.427 e. The third kappa shape index (κ3) is 4.73. The Morgan fingerprint density at radius 3 is 2.38 bits per heavy atom. The Hall–Kier alpha value is -0.920. The van der Waals surface area contributed by atoms with Crippen LogP contribution in [-0.4, -0.2) is 20.8 Å². The molecule has 0 fully saturated rings. The number of hydrogen-bond donors (Lipinski definition) is 1. The fraction of sp³-hybridized carbons (Fsp3) is 0.125. The van der Waals surface area contributed by atoms with Crippen LogP contribution in [0.25, 0.3) is 0 Å². The van der Waals surface area contributed by atoms with E-state index in [-0.39, 0.29) is 5.75 Å². The molecule has 0 heterocycles. The first-order valence-corrected chi connectivity index (χ1v) is 7.52. The van der Waals surface area contributed by atoms with E-state index in [9.17, 15) is 13.2 Å². The standard InChI is InChI=1S/C8H8ClNO4S2/c1-15-7-4-2-6(3-5-7)14-8(11)10-16(9,12)13/h2-5H,1H3,(H,10,11). The van der Waals surface area contributed by atoms with Gasteiger partial charge in [0.1, 0.15) is 5.75 Å². The Labute approximate surface area is 102 Å². The number of amides is 1. The predicted molar refractivity (Wildman–Crippen MR) is 62.2 cm³/mol. The molecule has 0 aliphatic heterocycles. The van der Waals surface area contributed by atoms with Crippen molar-refractivity contribution >= 4 is 37.8 Å². The number of halogens is 1. The summed E-state index contributed by atoms with van der Waals surface area (Å²) in [4.78, 5) is 12.0. The van der Waals surface area contributed by atoms with Crippen molar-refractivity contribution in [3.05, 3.63) is 24.3 Å². The molecule has 0 radical (unpaired) electrons. The van der Waals surface area contributed by atoms with Gasteiger partial charge in [-0.1, -0.05) is 0 Å². The van der Waals surface area contributed by atoms with E-state index >= 15 is 0 Å². The maximum atomic E-state index is 11.0. The molecule has 0 saturated carbocycles. The fourth-order valence-electron chi connectivity index (χ4n) is 0.871. The SMILES string of the molecule is CSc1ccc(OC(=O)NS(=O)(=O)Cl)cc1. The Morgan fingerprint density at radius 2 is 1.94 bits per heavy atom. The molecule has 0 aromatic heterocycles. The summed E-state index contributed by atoms with van der Waals surface area (Å²) in [6.45, 7) is 0. The average molecular weight is 282 g/mol. The van der Waals surface area contributed by atoms with Gasteiger partial charge in [0.15, 0.2) is 0 Å². The summed E-state index contributed by atoms with van der Waals surface area (Å²) in [7, 11) is 0.686. The molecule has 1 aromatic carbocycles. The number of nitrogens with one attached hydrogen (secondary N) is 1. The van der Waals surface area contributed by atoms with E-state index in [1.807, 2.05) is 6.26 Å². The lowest BCUT2D eigenvalue weighted by Crippen LogP contribution is -2.29. The van der Waals surface area contributed by atoms with Crippen LogP contribution in [0.4, 0.5) is 4.79 Å². The Kier molecular flexibility index (Phi) is 4.45. The van der Waals surface area contributed by atoms with Gasteiger partial charge >= 0.3 is 15.3 Å². The minimum atomic E-state index is -4.11. The van der Waals surface area contributed by atoms with Crippen LogP contribution in [0.1, 0.15) is 0 Å². The quantitative estimate of drug-likeness (QED) is 0.677. The van der Waals surface area contributed by atoms with Crippen LogP contribution in [0.15, 0.2) is 29.2 Å². The van der Waals surface area contributed by atoms with E-state index < -0.39 is 15.3 Å². The minimum absolute atomic E-state index is 0.232. The van der Waals surface area contributed by atoms with Crippen molar-refractivity contribution in [1.29, 1.82) is 0 Å². The van der Waals surface area contributed by atoms with Gasteiger partial charge in [-0.25, -0.2) is 9.52 Å². The van der Waals surface area contributed by atoms with Crippen molar-refractivity contribution in [2.24, 2.45) is 0 Å². The first-order valence-electron chi connectivity index (χ1n) is 3.99. The fourth-order valence-corrected chi connectivity index (χ4v) is 1.71. The average Bonchev–Trinajstić information content (AvgIpc) is 2.16. The number of thioether (sulfide) groups is 1. The molecule has 0 spiro atoms. The molecular formula is C8H8ClNO4S2. The van der Waals surface area contributed by atoms with Crippen LogP contribution >= 0.6 is 22.4 Å². The number of rotatable bonds is 3. The van der Waals surface area contributed by atoms with Crippen LogP contribution in [0, 0.1) is 0 Å². The summed E-state index contributed by atoms with van der Waals surface area (Å²) in [6.07, 6.45) is 0.759. The lowest BCUT2D eigenvalue weighted by atomic mass is 10.3. The highest BCUT2D eigenvalue weighted by atomic mass is 35.7. The third-order valence-electron chi connectivity index (χ3n) is 1.48. The second-order valence-electron chi connectivity index (χ2n) is 2.60. The van der Waals surface area contributed by atoms with Crippen molar-refractivity contribution in [3.63, 3.8) is 0 Å². The van der Waals surface area contributed by atoms with E-state index in [4.69, 9.17) is 10.7 Å². The van der Waals surface area contributed by atoms with Gasteiger partial charge < -0.3 is 4.74 Å². The van der Waals surface area contributed by atoms with E-state index in [1.54, 1.807) is 24.3 Å². The summed E-state index contributed by atoms with van der Waals surface area (Å²) < 4.78 is 27.1. The molecule has 16 heavy (non-hydrogen) atoms. The Balaban J connectivity index is 2.63. The van der Waals surface area contributed by atoms with Crippen molar-refractivity contribution in [3.8, 4) is 5.75 Å². The maximum absolute atomic E-state index is 11.0. The van der Waals surface area contributed by atoms with Gasteiger partial charge in [0.25, 0.3) is 0 Å². The third-order valence-corrected chi connectivity index (χ3v) is 2.86. The Bertz CT molecular complexity index is 471. The van der Waals surface area contributed by atoms with Crippen LogP contribution in [0.3, 0.4) is 0 Å². The minimum Gasteiger partial charge on any atom is -0.410 e. The van der Waals surface area contributed by atoms with Gasteiger partial charge in [-0.3, -0.25) is 0 Å². The van der Waals surface area contributed by atoms with Gasteiger partial charge in [0.2, 0.25) is 0 Å². The predicted octanol–water partition coefficient (Wildman–Crippen LogP) is 1.98. The first-order chi connectivity index (χ1) is 7.40. The van der Waals surface area contributed by atoms with Crippen LogP contribution in [0.5, 0.6) is 5.75 Å². The zero-order valence-corrected chi connectivity index (χ0v) is 10.5. The highest BCUT2D eigenvalue weighted by molar-refractivity contribution is 8.12. The largest absolute Gasteiger partial charge is 0.427 e. The van der Waals surface area contributed by atoms with E-state index in [0.717, 1.165) is 4.90 Å². The van der Waals surface area contributed by atoms with Crippen LogP contribution < -0.4 is 9.46 Å². The molecule has 0 aliphatic carbocycles. The molecule has 0 atom stereocenters. The summed E-state index contributed by atoms with van der Waals surface area (Å²) in [6, 6.07) is 6.57. The molecule has 1 rings (SSSR count). The first kappa shape index (κ1) is 13.1. The molecule has 0 saturated heterocycles. The second kappa shape index (κ2) is 5.42. The van der Waals surface area contributed by atoms with Crippen LogP contribution in [-0.2, 0) is 9.24 Å². The molecule has 8 heteroatoms. The highest BCUT2D eigenvalue weighted by Crippen LogP contribution is 2.18. The molecule has 88 valence electrons. The number of carbonyl (C=O) groups excluding carboxylic acids is 1. The van der Waals surface area contributed by atoms with E-state index in [1.165, 1.54) is 16.5 Å². The molecule has 1 N–H and O–H groups in total. The molecule has 0 aliphatic rings. The molecule has 1 amide bonds. The van der Waals surface area contributed by atoms with Gasteiger partial charge in [0.05, 0.1) is 0 Å². The van der Waals surface area contributed by atoms with E-state index in [2.05, 4.69) is 4.74 Å². The monoisotopic (exact) mass is 281 g/mol. The zero-order chi connectivity index (χ0) is 12.2. The summed E-state index contributed by atoms with van der Waals surface area (Å²) >= 11 is 1.53. The van der Waals surface area contributed by atoms with Gasteiger partial charge in [-0.05, 0) is 30.5 Å². The number of hydrogen-bond acceptors (Lipinski definition) is 5. The topological polar surface area (TPSA) is 72.5 Å². The lowest BCUT2D eigenvalue weighted by molar-refractivity contribution is 0.207. The molecular weight excluding hydrogens is 274 g/mol. The van der Waals surface area contributed by atoms with Gasteiger partial charge in [-0.2, -0.15) is 8.42 Å². The van der Waals surface area contributed by atoms with Crippen molar-refractivity contribution < 1.29 is 17.9 Å². The second-order valence-corrected chi connectivity index (χ2v) is 5.78. The summed E-state index contributed by atoms with van der Waals surface area (Å²) in [5, 5.41) is 0. The van der Waals surface area contributed by atoms with Gasteiger partial charge in [0, 0.05) is 15.6 Å². The highest BCUT2D eigenvalue weighted by Gasteiger charge is 2.12. The molecule has 0 unspecified atom stereocenters. The number of ether oxygens (including phenoxy) is 1. The summed E-state index contributed by atoms with van der Waals surface area (Å²) in [5.74, 6) is 0.232. The molecule has 0 bridgehead atoms. The number of benzene rings is 1. The normalized spacial score (nSPS) is 10.9. The van der Waals surface area contributed by atoms with Gasteiger partial charge in [-0.15, -0.1) is 11.8 Å². The molecule has 5 nitrogen and oxygen atoms in total. The van der Waals surface area contributed by atoms with Crippen molar-refractivity contribution in [1.82, 2.24) is 4.72 Å². The van der Waals surface area contributed by atoms with E-state index in [0.29, 0.717) is 0 Å². The number of carbonyl (C=O) groups is 1. The lowest BCUT2D eigenvalue weighted by Gasteiger charge is -2.04. The molecule has 1 aromatic rings. The van der Waals surface area contributed by atoms with Crippen molar-refractivity contribution in [2.75, 3.05) is 6.26 Å². The van der Waals surface area contributed by atoms with Crippen LogP contribution in [0.2, 0.25) is 0 Å². The zero-order valence-electron chi connectivity index (χ0n) is 8.14. The smallest absolute Gasteiger partial charge is 0.410 e. The Morgan fingerprint density at radius 1 is 1.38 bits per heavy atom. The van der Waals surface area contributed by atoms with Crippen molar-refractivity contribution in [2.45, 2.75) is 4.90 Å². The summed E-state index contributed by atoms with van der Waals surface area (Å²) in [5.41, 5.74) is 0.